The third-order valence-electron chi connectivity index (χ3n) is 3.92. The Morgan fingerprint density at radius 2 is 1.80 bits per heavy atom. The molecule has 0 saturated heterocycles. The summed E-state index contributed by atoms with van der Waals surface area (Å²) in [7, 11) is 0. The zero-order chi connectivity index (χ0) is 17.1. The lowest BCUT2D eigenvalue weighted by Crippen LogP contribution is -2.09. The molecule has 0 aliphatic heterocycles. The second-order valence-corrected chi connectivity index (χ2v) is 6.60. The summed E-state index contributed by atoms with van der Waals surface area (Å²) in [5, 5.41) is 3.70. The summed E-state index contributed by atoms with van der Waals surface area (Å²) in [5.41, 5.74) is 1.93. The van der Waals surface area contributed by atoms with Gasteiger partial charge in [-0.25, -0.2) is 4.98 Å². The molecular formula is C20H16N2O2S. The van der Waals surface area contributed by atoms with Gasteiger partial charge >= 0.3 is 0 Å². The molecule has 0 aliphatic carbocycles. The minimum atomic E-state index is 0.0436. The predicted molar refractivity (Wildman–Crippen MR) is 100 cm³/mol. The van der Waals surface area contributed by atoms with E-state index < -0.39 is 0 Å². The highest BCUT2D eigenvalue weighted by molar-refractivity contribution is 7.09. The molecule has 4 aromatic rings. The largest absolute Gasteiger partial charge is 0.486 e. The summed E-state index contributed by atoms with van der Waals surface area (Å²) in [6, 6.07) is 19.0. The fourth-order valence-electron chi connectivity index (χ4n) is 2.72. The van der Waals surface area contributed by atoms with E-state index in [4.69, 9.17) is 4.74 Å². The molecule has 0 atom stereocenters. The third-order valence-corrected chi connectivity index (χ3v) is 4.79. The Bertz CT molecular complexity index is 1050. The van der Waals surface area contributed by atoms with Crippen LogP contribution in [-0.4, -0.2) is 9.55 Å². The fraction of sp³-hybridized carbons (Fsp3) is 0.100. The number of nitrogens with zero attached hydrogens (tertiary/aromatic N) is 2. The van der Waals surface area contributed by atoms with E-state index in [1.807, 2.05) is 70.7 Å². The minimum Gasteiger partial charge on any atom is -0.486 e. The van der Waals surface area contributed by atoms with E-state index in [2.05, 4.69) is 4.98 Å². The smallest absolute Gasteiger partial charge is 0.189 e. The Balaban J connectivity index is 1.52. The van der Waals surface area contributed by atoms with Crippen LogP contribution in [-0.2, 0) is 13.2 Å². The molecular weight excluding hydrogens is 332 g/mol. The SMILES string of the molecule is O=c1ccn(Cc2csc(COc3ccccc3)n2)c2ccccc12. The van der Waals surface area contributed by atoms with E-state index in [1.54, 1.807) is 17.4 Å². The van der Waals surface area contributed by atoms with E-state index in [9.17, 15) is 4.79 Å². The van der Waals surface area contributed by atoms with Gasteiger partial charge in [0.05, 0.1) is 17.8 Å². The first-order valence-corrected chi connectivity index (χ1v) is 8.87. The van der Waals surface area contributed by atoms with Crippen LogP contribution < -0.4 is 10.2 Å². The molecule has 5 heteroatoms. The molecule has 4 nitrogen and oxygen atoms in total. The molecule has 0 bridgehead atoms. The second kappa shape index (κ2) is 6.91. The maximum atomic E-state index is 12.0. The normalized spacial score (nSPS) is 10.9. The lowest BCUT2D eigenvalue weighted by atomic mass is 10.2. The summed E-state index contributed by atoms with van der Waals surface area (Å²) < 4.78 is 7.79. The minimum absolute atomic E-state index is 0.0436. The summed E-state index contributed by atoms with van der Waals surface area (Å²) in [6.07, 6.45) is 1.82. The zero-order valence-corrected chi connectivity index (χ0v) is 14.3. The Hall–Kier alpha value is -2.92. The number of para-hydroxylation sites is 2. The van der Waals surface area contributed by atoms with Crippen molar-refractivity contribution in [2.24, 2.45) is 0 Å². The van der Waals surface area contributed by atoms with E-state index in [0.717, 1.165) is 27.4 Å². The topological polar surface area (TPSA) is 44.1 Å². The molecule has 0 spiro atoms. The Morgan fingerprint density at radius 1 is 1.00 bits per heavy atom. The predicted octanol–water partition coefficient (Wildman–Crippen LogP) is 4.09. The lowest BCUT2D eigenvalue weighted by molar-refractivity contribution is 0.305. The third kappa shape index (κ3) is 3.46. The number of pyridine rings is 1. The van der Waals surface area contributed by atoms with Gasteiger partial charge in [-0.3, -0.25) is 4.79 Å². The Morgan fingerprint density at radius 3 is 2.68 bits per heavy atom. The molecule has 0 amide bonds. The maximum absolute atomic E-state index is 12.0. The van der Waals surface area contributed by atoms with Crippen molar-refractivity contribution in [2.75, 3.05) is 0 Å². The lowest BCUT2D eigenvalue weighted by Gasteiger charge is -2.08. The van der Waals surface area contributed by atoms with Crippen LogP contribution in [0.2, 0.25) is 0 Å². The molecule has 0 aliphatic rings. The van der Waals surface area contributed by atoms with Crippen molar-refractivity contribution in [3.05, 3.63) is 93.2 Å². The molecule has 2 heterocycles. The van der Waals surface area contributed by atoms with Gasteiger partial charge in [-0.2, -0.15) is 0 Å². The van der Waals surface area contributed by atoms with Crippen molar-refractivity contribution in [1.82, 2.24) is 9.55 Å². The first kappa shape index (κ1) is 15.6. The van der Waals surface area contributed by atoms with Crippen molar-refractivity contribution in [3.63, 3.8) is 0 Å². The van der Waals surface area contributed by atoms with Gasteiger partial charge in [0.25, 0.3) is 0 Å². The van der Waals surface area contributed by atoms with Crippen molar-refractivity contribution >= 4 is 22.2 Å². The van der Waals surface area contributed by atoms with Crippen molar-refractivity contribution < 1.29 is 4.74 Å². The van der Waals surface area contributed by atoms with Gasteiger partial charge in [0, 0.05) is 23.0 Å². The number of aromatic nitrogens is 2. The van der Waals surface area contributed by atoms with Gasteiger partial charge in [-0.15, -0.1) is 11.3 Å². The van der Waals surface area contributed by atoms with Gasteiger partial charge in [-0.1, -0.05) is 30.3 Å². The summed E-state index contributed by atoms with van der Waals surface area (Å²) in [6.45, 7) is 1.09. The van der Waals surface area contributed by atoms with Gasteiger partial charge in [0.2, 0.25) is 0 Å². The highest BCUT2D eigenvalue weighted by atomic mass is 32.1. The zero-order valence-electron chi connectivity index (χ0n) is 13.5. The standard InChI is InChI=1S/C20H16N2O2S/c23-19-10-11-22(18-9-5-4-8-17(18)19)12-15-14-25-20(21-15)13-24-16-6-2-1-3-7-16/h1-11,14H,12-13H2. The molecule has 0 fully saturated rings. The van der Waals surface area contributed by atoms with Crippen molar-refractivity contribution in [1.29, 1.82) is 0 Å². The Labute approximate surface area is 149 Å². The summed E-state index contributed by atoms with van der Waals surface area (Å²) in [4.78, 5) is 16.6. The van der Waals surface area contributed by atoms with Crippen LogP contribution in [0.15, 0.2) is 77.0 Å². The van der Waals surface area contributed by atoms with Crippen LogP contribution >= 0.6 is 11.3 Å². The first-order valence-electron chi connectivity index (χ1n) is 7.99. The molecule has 0 radical (unpaired) electrons. The Kier molecular flexibility index (Phi) is 4.31. The van der Waals surface area contributed by atoms with E-state index in [1.165, 1.54) is 0 Å². The monoisotopic (exact) mass is 348 g/mol. The van der Waals surface area contributed by atoms with Gasteiger partial charge < -0.3 is 9.30 Å². The van der Waals surface area contributed by atoms with E-state index in [0.29, 0.717) is 13.2 Å². The molecule has 4 rings (SSSR count). The first-order chi connectivity index (χ1) is 12.3. The molecule has 25 heavy (non-hydrogen) atoms. The van der Waals surface area contributed by atoms with Crippen molar-refractivity contribution in [2.45, 2.75) is 13.2 Å². The highest BCUT2D eigenvalue weighted by Gasteiger charge is 2.06. The van der Waals surface area contributed by atoms with Gasteiger partial charge in [-0.05, 0) is 24.3 Å². The average Bonchev–Trinajstić information content (AvgIpc) is 3.11. The number of ether oxygens (including phenoxy) is 1. The maximum Gasteiger partial charge on any atom is 0.189 e. The molecule has 0 N–H and O–H groups in total. The summed E-state index contributed by atoms with van der Waals surface area (Å²) in [5.74, 6) is 0.839. The number of thiazole rings is 1. The molecule has 124 valence electrons. The summed E-state index contributed by atoms with van der Waals surface area (Å²) >= 11 is 1.59. The van der Waals surface area contributed by atoms with Crippen LogP contribution in [0.5, 0.6) is 5.75 Å². The van der Waals surface area contributed by atoms with Crippen LogP contribution in [0, 0.1) is 0 Å². The van der Waals surface area contributed by atoms with E-state index >= 15 is 0 Å². The quantitative estimate of drug-likeness (QED) is 0.546. The van der Waals surface area contributed by atoms with Crippen LogP contribution in [0.1, 0.15) is 10.7 Å². The van der Waals surface area contributed by atoms with E-state index in [-0.39, 0.29) is 5.43 Å². The van der Waals surface area contributed by atoms with Gasteiger partial charge in [0.1, 0.15) is 17.4 Å². The van der Waals surface area contributed by atoms with Gasteiger partial charge in [0.15, 0.2) is 5.43 Å². The highest BCUT2D eigenvalue weighted by Crippen LogP contribution is 2.17. The molecule has 0 unspecified atom stereocenters. The number of hydrogen-bond acceptors (Lipinski definition) is 4. The number of rotatable bonds is 5. The molecule has 2 aromatic heterocycles. The van der Waals surface area contributed by atoms with Crippen LogP contribution in [0.25, 0.3) is 10.9 Å². The number of benzene rings is 2. The second-order valence-electron chi connectivity index (χ2n) is 5.66. The number of hydrogen-bond donors (Lipinski definition) is 0. The van der Waals surface area contributed by atoms with Crippen LogP contribution in [0.4, 0.5) is 0 Å². The fourth-order valence-corrected chi connectivity index (χ4v) is 3.42. The number of fused-ring (bicyclic) bond motifs is 1. The molecule has 0 saturated carbocycles. The van der Waals surface area contributed by atoms with Crippen LogP contribution in [0.3, 0.4) is 0 Å². The molecule has 2 aromatic carbocycles. The average molecular weight is 348 g/mol. The van der Waals surface area contributed by atoms with Crippen molar-refractivity contribution in [3.8, 4) is 5.75 Å².